The Labute approximate surface area is 144 Å². The maximum atomic E-state index is 13.6. The second kappa shape index (κ2) is 6.16. The first-order valence-electron chi connectivity index (χ1n) is 8.26. The zero-order chi connectivity index (χ0) is 17.4. The minimum absolute atomic E-state index is 0.0952. The molecule has 1 aromatic carbocycles. The van der Waals surface area contributed by atoms with Crippen molar-refractivity contribution in [2.75, 3.05) is 16.8 Å². The molecule has 0 spiro atoms. The molecule has 4 rings (SSSR count). The molecule has 1 saturated heterocycles. The number of hydrogen-bond donors (Lipinski definition) is 1. The second-order valence-electron chi connectivity index (χ2n) is 6.20. The molecule has 1 aliphatic rings. The highest BCUT2D eigenvalue weighted by Crippen LogP contribution is 2.35. The average molecular weight is 339 g/mol. The van der Waals surface area contributed by atoms with Crippen LogP contribution in [0.15, 0.2) is 42.7 Å². The van der Waals surface area contributed by atoms with Gasteiger partial charge in [-0.25, -0.2) is 13.9 Å². The Hall–Kier alpha value is -2.96. The molecule has 1 atom stereocenters. The van der Waals surface area contributed by atoms with Crippen molar-refractivity contribution in [2.24, 2.45) is 0 Å². The highest BCUT2D eigenvalue weighted by Gasteiger charge is 2.27. The zero-order valence-electron chi connectivity index (χ0n) is 13.8. The van der Waals surface area contributed by atoms with E-state index in [4.69, 9.17) is 0 Å². The summed E-state index contributed by atoms with van der Waals surface area (Å²) in [5.74, 6) is 0.406. The molecule has 2 aromatic heterocycles. The molecule has 0 aliphatic carbocycles. The van der Waals surface area contributed by atoms with Crippen LogP contribution in [0.2, 0.25) is 0 Å². The Balaban J connectivity index is 1.71. The van der Waals surface area contributed by atoms with E-state index >= 15 is 0 Å². The number of rotatable bonds is 3. The average Bonchev–Trinajstić information content (AvgIpc) is 3.21. The summed E-state index contributed by atoms with van der Waals surface area (Å²) in [5, 5.41) is 6.94. The molecule has 25 heavy (non-hydrogen) atoms. The van der Waals surface area contributed by atoms with Gasteiger partial charge in [-0.1, -0.05) is 12.1 Å². The van der Waals surface area contributed by atoms with Crippen molar-refractivity contribution in [3.8, 4) is 0 Å². The van der Waals surface area contributed by atoms with Crippen LogP contribution in [0, 0.1) is 5.82 Å². The number of amides is 1. The molecule has 1 N–H and O–H groups in total. The molecular weight excluding hydrogens is 321 g/mol. The minimum Gasteiger partial charge on any atom is -0.349 e. The fourth-order valence-electron chi connectivity index (χ4n) is 3.40. The maximum absolute atomic E-state index is 13.6. The van der Waals surface area contributed by atoms with Crippen molar-refractivity contribution in [3.63, 3.8) is 0 Å². The Bertz CT molecular complexity index is 938. The van der Waals surface area contributed by atoms with Crippen LogP contribution in [0.4, 0.5) is 15.9 Å². The van der Waals surface area contributed by atoms with E-state index in [2.05, 4.69) is 20.3 Å². The van der Waals surface area contributed by atoms with Crippen molar-refractivity contribution in [2.45, 2.75) is 25.8 Å². The molecule has 7 heteroatoms. The summed E-state index contributed by atoms with van der Waals surface area (Å²) < 4.78 is 15.2. The van der Waals surface area contributed by atoms with E-state index in [1.54, 1.807) is 22.8 Å². The summed E-state index contributed by atoms with van der Waals surface area (Å²) >= 11 is 0. The smallest absolute Gasteiger partial charge is 0.221 e. The number of anilines is 2. The fourth-order valence-corrected chi connectivity index (χ4v) is 3.40. The van der Waals surface area contributed by atoms with Crippen LogP contribution in [0.5, 0.6) is 0 Å². The van der Waals surface area contributed by atoms with Crippen LogP contribution < -0.4 is 10.2 Å². The van der Waals surface area contributed by atoms with Crippen molar-refractivity contribution < 1.29 is 9.18 Å². The van der Waals surface area contributed by atoms with Crippen molar-refractivity contribution in [1.82, 2.24) is 14.6 Å². The summed E-state index contributed by atoms with van der Waals surface area (Å²) in [6.07, 6.45) is 5.38. The van der Waals surface area contributed by atoms with Crippen LogP contribution in [-0.2, 0) is 4.79 Å². The van der Waals surface area contributed by atoms with E-state index < -0.39 is 0 Å². The van der Waals surface area contributed by atoms with Gasteiger partial charge in [0.2, 0.25) is 5.91 Å². The van der Waals surface area contributed by atoms with Crippen LogP contribution in [0.3, 0.4) is 0 Å². The van der Waals surface area contributed by atoms with E-state index in [1.165, 1.54) is 13.0 Å². The highest BCUT2D eigenvalue weighted by atomic mass is 19.1. The standard InChI is InChI=1S/C18H18FN5O/c1-12(25)21-15-11-20-24-9-7-17(22-18(15)24)23-8-3-6-16(23)13-4-2-5-14(19)10-13/h2,4-5,7,9-11,16H,3,6,8H2,1H3,(H,21,25)/t16-/m1/s1. The molecule has 3 heterocycles. The van der Waals surface area contributed by atoms with Gasteiger partial charge >= 0.3 is 0 Å². The van der Waals surface area contributed by atoms with Gasteiger partial charge in [-0.05, 0) is 36.6 Å². The van der Waals surface area contributed by atoms with E-state index in [-0.39, 0.29) is 17.8 Å². The van der Waals surface area contributed by atoms with Gasteiger partial charge < -0.3 is 10.2 Å². The van der Waals surface area contributed by atoms with E-state index in [9.17, 15) is 9.18 Å². The number of aromatic nitrogens is 3. The predicted octanol–water partition coefficient (Wildman–Crippen LogP) is 3.17. The summed E-state index contributed by atoms with van der Waals surface area (Å²) in [6.45, 7) is 2.31. The van der Waals surface area contributed by atoms with Gasteiger partial charge in [-0.3, -0.25) is 4.79 Å². The molecule has 128 valence electrons. The number of carbonyl (C=O) groups excluding carboxylic acids is 1. The molecule has 0 saturated carbocycles. The first-order valence-corrected chi connectivity index (χ1v) is 8.26. The molecule has 3 aromatic rings. The largest absolute Gasteiger partial charge is 0.349 e. The van der Waals surface area contributed by atoms with Gasteiger partial charge in [0.1, 0.15) is 17.3 Å². The lowest BCUT2D eigenvalue weighted by molar-refractivity contribution is -0.114. The van der Waals surface area contributed by atoms with Crippen LogP contribution >= 0.6 is 0 Å². The van der Waals surface area contributed by atoms with Crippen molar-refractivity contribution >= 4 is 23.1 Å². The normalized spacial score (nSPS) is 17.2. The molecule has 0 radical (unpaired) electrons. The molecule has 0 unspecified atom stereocenters. The lowest BCUT2D eigenvalue weighted by Gasteiger charge is -2.26. The second-order valence-corrected chi connectivity index (χ2v) is 6.20. The highest BCUT2D eigenvalue weighted by molar-refractivity contribution is 5.92. The fraction of sp³-hybridized carbons (Fsp3) is 0.278. The number of fused-ring (bicyclic) bond motifs is 1. The van der Waals surface area contributed by atoms with E-state index in [0.717, 1.165) is 30.8 Å². The minimum atomic E-state index is -0.225. The zero-order valence-corrected chi connectivity index (χ0v) is 13.8. The third kappa shape index (κ3) is 2.93. The Morgan fingerprint density at radius 1 is 1.36 bits per heavy atom. The number of benzene rings is 1. The molecule has 1 fully saturated rings. The first-order chi connectivity index (χ1) is 12.1. The SMILES string of the molecule is CC(=O)Nc1cnn2ccc(N3CCC[C@@H]3c3cccc(F)c3)nc12. The van der Waals surface area contributed by atoms with Gasteiger partial charge in [0.05, 0.1) is 12.2 Å². The summed E-state index contributed by atoms with van der Waals surface area (Å²) in [6, 6.07) is 8.73. The molecule has 6 nitrogen and oxygen atoms in total. The third-order valence-corrected chi connectivity index (χ3v) is 4.45. The van der Waals surface area contributed by atoms with Crippen molar-refractivity contribution in [3.05, 3.63) is 54.1 Å². The van der Waals surface area contributed by atoms with Crippen LogP contribution in [0.1, 0.15) is 31.4 Å². The van der Waals surface area contributed by atoms with Gasteiger partial charge in [0.25, 0.3) is 0 Å². The predicted molar refractivity (Wildman–Crippen MR) is 93.0 cm³/mol. The Morgan fingerprint density at radius 3 is 3.04 bits per heavy atom. The summed E-state index contributed by atoms with van der Waals surface area (Å²) in [5.41, 5.74) is 2.13. The van der Waals surface area contributed by atoms with E-state index in [0.29, 0.717) is 11.3 Å². The van der Waals surface area contributed by atoms with Gasteiger partial charge in [-0.15, -0.1) is 0 Å². The van der Waals surface area contributed by atoms with Gasteiger partial charge in [0.15, 0.2) is 5.65 Å². The van der Waals surface area contributed by atoms with E-state index in [1.807, 2.05) is 18.3 Å². The Kier molecular flexibility index (Phi) is 3.83. The van der Waals surface area contributed by atoms with Crippen LogP contribution in [0.25, 0.3) is 5.65 Å². The summed E-state index contributed by atoms with van der Waals surface area (Å²) in [4.78, 5) is 18.2. The first kappa shape index (κ1) is 15.6. The number of nitrogens with zero attached hydrogens (tertiary/aromatic N) is 4. The molecule has 1 aliphatic heterocycles. The van der Waals surface area contributed by atoms with Crippen molar-refractivity contribution in [1.29, 1.82) is 0 Å². The topological polar surface area (TPSA) is 62.5 Å². The van der Waals surface area contributed by atoms with Gasteiger partial charge in [-0.2, -0.15) is 5.10 Å². The van der Waals surface area contributed by atoms with Gasteiger partial charge in [0, 0.05) is 19.7 Å². The quantitative estimate of drug-likeness (QED) is 0.796. The number of hydrogen-bond acceptors (Lipinski definition) is 4. The maximum Gasteiger partial charge on any atom is 0.221 e. The Morgan fingerprint density at radius 2 is 2.24 bits per heavy atom. The number of halogens is 1. The summed E-state index contributed by atoms with van der Waals surface area (Å²) in [7, 11) is 0. The molecule has 1 amide bonds. The lowest BCUT2D eigenvalue weighted by Crippen LogP contribution is -2.24. The monoisotopic (exact) mass is 339 g/mol. The molecular formula is C18H18FN5O. The molecule has 0 bridgehead atoms. The van der Waals surface area contributed by atoms with Crippen LogP contribution in [-0.4, -0.2) is 27.0 Å². The number of nitrogens with one attached hydrogen (secondary N) is 1. The number of carbonyl (C=O) groups is 1. The third-order valence-electron chi connectivity index (χ3n) is 4.45. The lowest BCUT2D eigenvalue weighted by atomic mass is 10.0.